The van der Waals surface area contributed by atoms with Gasteiger partial charge in [-0.1, -0.05) is 12.1 Å². The zero-order valence-corrected chi connectivity index (χ0v) is 9.02. The first-order valence-electron chi connectivity index (χ1n) is 5.16. The standard InChI is InChI=1S/C11H13FN4/c1-2-16-11(14-8-15-16)7-13-10-6-4-3-5-9(10)12/h3-6,8,13H,2,7H2,1H3. The summed E-state index contributed by atoms with van der Waals surface area (Å²) >= 11 is 0. The van der Waals surface area contributed by atoms with Crippen molar-refractivity contribution in [3.05, 3.63) is 42.2 Å². The molecule has 0 fully saturated rings. The molecule has 0 bridgehead atoms. The van der Waals surface area contributed by atoms with E-state index in [-0.39, 0.29) is 5.82 Å². The SMILES string of the molecule is CCn1ncnc1CNc1ccccc1F. The smallest absolute Gasteiger partial charge is 0.146 e. The molecular formula is C11H13FN4. The summed E-state index contributed by atoms with van der Waals surface area (Å²) in [6.45, 7) is 3.21. The number of nitrogens with zero attached hydrogens (tertiary/aromatic N) is 3. The van der Waals surface area contributed by atoms with Gasteiger partial charge in [-0.25, -0.2) is 14.1 Å². The highest BCUT2D eigenvalue weighted by Gasteiger charge is 2.04. The quantitative estimate of drug-likeness (QED) is 0.857. The van der Waals surface area contributed by atoms with Crippen LogP contribution in [0.5, 0.6) is 0 Å². The first-order valence-corrected chi connectivity index (χ1v) is 5.16. The van der Waals surface area contributed by atoms with Gasteiger partial charge in [-0.3, -0.25) is 0 Å². The lowest BCUT2D eigenvalue weighted by molar-refractivity contribution is 0.615. The van der Waals surface area contributed by atoms with E-state index in [1.165, 1.54) is 12.4 Å². The van der Waals surface area contributed by atoms with Crippen molar-refractivity contribution in [3.63, 3.8) is 0 Å². The fraction of sp³-hybridized carbons (Fsp3) is 0.273. The van der Waals surface area contributed by atoms with Gasteiger partial charge in [0, 0.05) is 6.54 Å². The minimum atomic E-state index is -0.259. The van der Waals surface area contributed by atoms with Crippen molar-refractivity contribution in [3.8, 4) is 0 Å². The Morgan fingerprint density at radius 3 is 2.94 bits per heavy atom. The van der Waals surface area contributed by atoms with Gasteiger partial charge in [0.05, 0.1) is 12.2 Å². The van der Waals surface area contributed by atoms with Crippen molar-refractivity contribution in [2.24, 2.45) is 0 Å². The molecule has 4 nitrogen and oxygen atoms in total. The van der Waals surface area contributed by atoms with Crippen LogP contribution >= 0.6 is 0 Å². The summed E-state index contributed by atoms with van der Waals surface area (Å²) < 4.78 is 15.1. The van der Waals surface area contributed by atoms with E-state index in [1.807, 2.05) is 6.92 Å². The summed E-state index contributed by atoms with van der Waals surface area (Å²) in [7, 11) is 0. The molecular weight excluding hydrogens is 207 g/mol. The fourth-order valence-electron chi connectivity index (χ4n) is 1.47. The second kappa shape index (κ2) is 4.74. The number of aryl methyl sites for hydroxylation is 1. The van der Waals surface area contributed by atoms with Crippen molar-refractivity contribution in [2.45, 2.75) is 20.0 Å². The van der Waals surface area contributed by atoms with Gasteiger partial charge >= 0.3 is 0 Å². The number of hydrogen-bond donors (Lipinski definition) is 1. The Hall–Kier alpha value is -1.91. The highest BCUT2D eigenvalue weighted by Crippen LogP contribution is 2.13. The molecule has 5 heteroatoms. The minimum absolute atomic E-state index is 0.259. The lowest BCUT2D eigenvalue weighted by atomic mass is 10.3. The maximum absolute atomic E-state index is 13.3. The van der Waals surface area contributed by atoms with Gasteiger partial charge < -0.3 is 5.32 Å². The lowest BCUT2D eigenvalue weighted by Gasteiger charge is -2.07. The Labute approximate surface area is 93.1 Å². The monoisotopic (exact) mass is 220 g/mol. The highest BCUT2D eigenvalue weighted by atomic mass is 19.1. The van der Waals surface area contributed by atoms with E-state index in [9.17, 15) is 4.39 Å². The van der Waals surface area contributed by atoms with Crippen LogP contribution in [0.4, 0.5) is 10.1 Å². The molecule has 2 rings (SSSR count). The minimum Gasteiger partial charge on any atom is -0.375 e. The van der Waals surface area contributed by atoms with Gasteiger partial charge in [-0.05, 0) is 19.1 Å². The van der Waals surface area contributed by atoms with Crippen molar-refractivity contribution >= 4 is 5.69 Å². The van der Waals surface area contributed by atoms with Crippen LogP contribution in [0, 0.1) is 5.82 Å². The third-order valence-electron chi connectivity index (χ3n) is 2.31. The molecule has 0 aliphatic heterocycles. The summed E-state index contributed by atoms with van der Waals surface area (Å²) in [5.41, 5.74) is 0.480. The van der Waals surface area contributed by atoms with E-state index < -0.39 is 0 Å². The summed E-state index contributed by atoms with van der Waals surface area (Å²) in [6, 6.07) is 6.57. The van der Waals surface area contributed by atoms with E-state index in [0.717, 1.165) is 12.4 Å². The summed E-state index contributed by atoms with van der Waals surface area (Å²) in [4.78, 5) is 4.10. The van der Waals surface area contributed by atoms with Crippen LogP contribution in [-0.4, -0.2) is 14.8 Å². The molecule has 0 amide bonds. The van der Waals surface area contributed by atoms with Gasteiger partial charge in [-0.15, -0.1) is 0 Å². The molecule has 1 heterocycles. The topological polar surface area (TPSA) is 42.7 Å². The van der Waals surface area contributed by atoms with Crippen LogP contribution in [0.1, 0.15) is 12.7 Å². The summed E-state index contributed by atoms with van der Waals surface area (Å²) in [6.07, 6.45) is 1.50. The van der Waals surface area contributed by atoms with E-state index in [4.69, 9.17) is 0 Å². The predicted molar refractivity (Wildman–Crippen MR) is 59.4 cm³/mol. The zero-order chi connectivity index (χ0) is 11.4. The molecule has 0 saturated carbocycles. The fourth-order valence-corrected chi connectivity index (χ4v) is 1.47. The number of aromatic nitrogens is 3. The molecule has 0 saturated heterocycles. The van der Waals surface area contributed by atoms with Crippen LogP contribution in [0.3, 0.4) is 0 Å². The Bertz CT molecular complexity index is 467. The molecule has 84 valence electrons. The van der Waals surface area contributed by atoms with Crippen LogP contribution in [-0.2, 0) is 13.1 Å². The third kappa shape index (κ3) is 2.18. The van der Waals surface area contributed by atoms with Gasteiger partial charge in [0.2, 0.25) is 0 Å². The van der Waals surface area contributed by atoms with Crippen molar-refractivity contribution in [1.29, 1.82) is 0 Å². The number of hydrogen-bond acceptors (Lipinski definition) is 3. The number of para-hydroxylation sites is 1. The highest BCUT2D eigenvalue weighted by molar-refractivity contribution is 5.44. The largest absolute Gasteiger partial charge is 0.375 e. The van der Waals surface area contributed by atoms with E-state index in [2.05, 4.69) is 15.4 Å². The van der Waals surface area contributed by atoms with E-state index in [0.29, 0.717) is 12.2 Å². The summed E-state index contributed by atoms with van der Waals surface area (Å²) in [5, 5.41) is 7.03. The molecule has 1 aromatic heterocycles. The molecule has 0 aliphatic rings. The number of nitrogens with one attached hydrogen (secondary N) is 1. The van der Waals surface area contributed by atoms with Crippen LogP contribution in [0.15, 0.2) is 30.6 Å². The normalized spacial score (nSPS) is 10.4. The number of anilines is 1. The second-order valence-corrected chi connectivity index (χ2v) is 3.33. The van der Waals surface area contributed by atoms with Gasteiger partial charge in [0.25, 0.3) is 0 Å². The van der Waals surface area contributed by atoms with Crippen molar-refractivity contribution in [2.75, 3.05) is 5.32 Å². The molecule has 0 spiro atoms. The molecule has 2 aromatic rings. The van der Waals surface area contributed by atoms with Crippen LogP contribution < -0.4 is 5.32 Å². The van der Waals surface area contributed by atoms with Gasteiger partial charge in [0.15, 0.2) is 0 Å². The molecule has 0 aliphatic carbocycles. The Morgan fingerprint density at radius 1 is 1.38 bits per heavy atom. The van der Waals surface area contributed by atoms with Crippen molar-refractivity contribution in [1.82, 2.24) is 14.8 Å². The number of benzene rings is 1. The van der Waals surface area contributed by atoms with Crippen LogP contribution in [0.2, 0.25) is 0 Å². The lowest BCUT2D eigenvalue weighted by Crippen LogP contribution is -2.09. The summed E-state index contributed by atoms with van der Waals surface area (Å²) in [5.74, 6) is 0.538. The maximum atomic E-state index is 13.3. The van der Waals surface area contributed by atoms with Gasteiger partial charge in [0.1, 0.15) is 18.0 Å². The van der Waals surface area contributed by atoms with E-state index in [1.54, 1.807) is 22.9 Å². The zero-order valence-electron chi connectivity index (χ0n) is 9.02. The molecule has 0 radical (unpaired) electrons. The average molecular weight is 220 g/mol. The predicted octanol–water partition coefficient (Wildman–Crippen LogP) is 2.05. The third-order valence-corrected chi connectivity index (χ3v) is 2.31. The first-order chi connectivity index (χ1) is 7.81. The number of rotatable bonds is 4. The average Bonchev–Trinajstić information content (AvgIpc) is 2.75. The molecule has 0 atom stereocenters. The molecule has 16 heavy (non-hydrogen) atoms. The Balaban J connectivity index is 2.05. The molecule has 1 aromatic carbocycles. The van der Waals surface area contributed by atoms with Crippen molar-refractivity contribution < 1.29 is 4.39 Å². The van der Waals surface area contributed by atoms with Gasteiger partial charge in [-0.2, -0.15) is 5.10 Å². The Morgan fingerprint density at radius 2 is 2.19 bits per heavy atom. The maximum Gasteiger partial charge on any atom is 0.146 e. The molecule has 1 N–H and O–H groups in total. The molecule has 0 unspecified atom stereocenters. The van der Waals surface area contributed by atoms with E-state index >= 15 is 0 Å². The first kappa shape index (κ1) is 10.6. The van der Waals surface area contributed by atoms with Crippen LogP contribution in [0.25, 0.3) is 0 Å². The second-order valence-electron chi connectivity index (χ2n) is 3.33. The Kier molecular flexibility index (Phi) is 3.14. The number of halogens is 1.